The van der Waals surface area contributed by atoms with Gasteiger partial charge in [-0.2, -0.15) is 11.6 Å². The molecule has 0 radical (unpaired) electrons. The molecule has 0 aromatic carbocycles. The van der Waals surface area contributed by atoms with Gasteiger partial charge in [0.25, 0.3) is 5.29 Å². The number of hydrogen-bond donors (Lipinski definition) is 1. The normalized spacial score (nSPS) is 7.70. The molecule has 1 heterocycles. The van der Waals surface area contributed by atoms with E-state index in [0.29, 0.717) is 0 Å². The first kappa shape index (κ1) is 23.7. The molecule has 0 fully saturated rings. The molecule has 0 aliphatic carbocycles. The Morgan fingerprint density at radius 2 is 1.80 bits per heavy atom. The molecule has 1 aromatic heterocycles. The van der Waals surface area contributed by atoms with E-state index in [4.69, 9.17) is 57.6 Å². The summed E-state index contributed by atoms with van der Waals surface area (Å²) >= 11 is 15.5. The number of hydrogen-bond acceptors (Lipinski definition) is 6. The fourth-order valence-corrected chi connectivity index (χ4v) is 0.657. The van der Waals surface area contributed by atoms with Crippen LogP contribution in [0.4, 0.5) is 0 Å². The Morgan fingerprint density at radius 3 is 1.90 bits per heavy atom. The average molecular weight is 343 g/mol. The number of amidine groups is 1. The van der Waals surface area contributed by atoms with Crippen molar-refractivity contribution in [3.63, 3.8) is 0 Å². The minimum atomic E-state index is -0.218. The first-order valence-corrected chi connectivity index (χ1v) is 4.94. The number of nitrogens with two attached hydrogens (primary N) is 1. The molecule has 9 nitrogen and oxygen atoms in total. The van der Waals surface area contributed by atoms with Crippen LogP contribution in [0.2, 0.25) is 10.6 Å². The van der Waals surface area contributed by atoms with Crippen molar-refractivity contribution in [2.24, 2.45) is 10.8 Å². The van der Waals surface area contributed by atoms with E-state index in [-0.39, 0.29) is 45.4 Å². The van der Waals surface area contributed by atoms with Crippen molar-refractivity contribution in [3.8, 4) is 12.4 Å². The third-order valence-electron chi connectivity index (χ3n) is 0.759. The van der Waals surface area contributed by atoms with Gasteiger partial charge in [-0.25, -0.2) is 9.97 Å². The largest absolute Gasteiger partial charge is 1.00 e. The van der Waals surface area contributed by atoms with Crippen LogP contribution in [-0.2, 0) is 0 Å². The molecule has 20 heavy (non-hydrogen) atoms. The Kier molecular flexibility index (Phi) is 20.9. The Hall–Kier alpha value is -1.38. The summed E-state index contributed by atoms with van der Waals surface area (Å²) in [4.78, 5) is 13.0. The van der Waals surface area contributed by atoms with Crippen LogP contribution in [-0.4, -0.2) is 20.2 Å². The van der Waals surface area contributed by atoms with Crippen LogP contribution in [0.1, 0.15) is 0 Å². The van der Waals surface area contributed by atoms with Gasteiger partial charge in [-0.05, 0) is 34.8 Å². The van der Waals surface area contributed by atoms with Gasteiger partial charge in [0, 0.05) is 12.4 Å². The van der Waals surface area contributed by atoms with Gasteiger partial charge in [0.05, 0.1) is 0 Å². The maximum atomic E-state index is 7.43. The number of halogens is 3. The summed E-state index contributed by atoms with van der Waals surface area (Å²) < 4.78 is 0. The average Bonchev–Trinajstić information content (AvgIpc) is 2.31. The summed E-state index contributed by atoms with van der Waals surface area (Å²) in [5, 5.41) is 20.3. The van der Waals surface area contributed by atoms with E-state index < -0.39 is 0 Å². The number of nitrogens with zero attached hydrogens (tertiary/aromatic N) is 8. The maximum absolute atomic E-state index is 7.43. The van der Waals surface area contributed by atoms with Crippen molar-refractivity contribution in [3.05, 3.63) is 33.7 Å². The van der Waals surface area contributed by atoms with Crippen molar-refractivity contribution in [2.75, 3.05) is 0 Å². The Labute approximate surface area is 151 Å². The van der Waals surface area contributed by atoms with E-state index in [1.165, 1.54) is 18.7 Å². The molecule has 0 amide bonds. The zero-order chi connectivity index (χ0) is 15.1. The first-order chi connectivity index (χ1) is 8.97. The zero-order valence-corrected chi connectivity index (χ0v) is 14.1. The van der Waals surface area contributed by atoms with E-state index >= 15 is 0 Å². The zero-order valence-electron chi connectivity index (χ0n) is 9.87. The molecule has 0 spiro atoms. The van der Waals surface area contributed by atoms with E-state index in [1.807, 2.05) is 0 Å². The van der Waals surface area contributed by atoms with Gasteiger partial charge in [-0.1, -0.05) is 0 Å². The van der Waals surface area contributed by atoms with Gasteiger partial charge in [0.15, 0.2) is 0 Å². The molecule has 1 rings (SSSR count). The number of nitriles is 2. The molecule has 98 valence electrons. The second-order valence-electron chi connectivity index (χ2n) is 1.86. The van der Waals surface area contributed by atoms with Crippen molar-refractivity contribution in [1.29, 1.82) is 10.5 Å². The predicted molar refractivity (Wildman–Crippen MR) is 68.5 cm³/mol. The molecular weight excluding hydrogens is 339 g/mol. The van der Waals surface area contributed by atoms with Gasteiger partial charge in [-0.3, -0.25) is 5.32 Å². The monoisotopic (exact) mass is 341 g/mol. The summed E-state index contributed by atoms with van der Waals surface area (Å²) in [5.41, 5.74) is 4.70. The molecule has 0 atom stereocenters. The van der Waals surface area contributed by atoms with Gasteiger partial charge < -0.3 is 16.3 Å². The van der Waals surface area contributed by atoms with Crippen molar-refractivity contribution < 1.29 is 29.6 Å². The van der Waals surface area contributed by atoms with E-state index in [2.05, 4.69) is 30.3 Å². The quantitative estimate of drug-likeness (QED) is 0.120. The van der Waals surface area contributed by atoms with E-state index in [1.54, 1.807) is 0 Å². The predicted octanol–water partition coefficient (Wildman–Crippen LogP) is -1.12. The summed E-state index contributed by atoms with van der Waals surface area (Å²) in [6.45, 7) is 6.01. The van der Waals surface area contributed by atoms with Crippen molar-refractivity contribution in [1.82, 2.24) is 15.0 Å². The van der Waals surface area contributed by atoms with Crippen LogP contribution in [0, 0.1) is 29.5 Å². The molecule has 0 saturated carbocycles. The van der Waals surface area contributed by atoms with Crippen LogP contribution < -0.4 is 35.3 Å². The Morgan fingerprint density at radius 1 is 1.35 bits per heavy atom. The molecule has 0 saturated heterocycles. The number of rotatable bonds is 0. The summed E-state index contributed by atoms with van der Waals surface area (Å²) in [6, 6.07) is 0. The van der Waals surface area contributed by atoms with Crippen LogP contribution in [0.5, 0.6) is 0 Å². The van der Waals surface area contributed by atoms with Crippen LogP contribution in [0.3, 0.4) is 0 Å². The smallest absolute Gasteiger partial charge is 0.385 e. The SMILES string of the molecule is Clc1ncnc(Cl)n1.N#C[N-]C#N.[C-]#[N+]/N=C(/N)Cl.[Na+]. The molecule has 13 heteroatoms. The van der Waals surface area contributed by atoms with Gasteiger partial charge in [0.1, 0.15) is 11.4 Å². The fourth-order valence-electron chi connectivity index (χ4n) is 0.328. The van der Waals surface area contributed by atoms with Crippen molar-refractivity contribution in [2.45, 2.75) is 0 Å². The van der Waals surface area contributed by atoms with Gasteiger partial charge in [0.2, 0.25) is 10.6 Å². The van der Waals surface area contributed by atoms with Crippen LogP contribution in [0.15, 0.2) is 11.4 Å². The summed E-state index contributed by atoms with van der Waals surface area (Å²) in [5.74, 6) is 0. The molecular formula is C7H3Cl3N9Na. The second-order valence-corrected chi connectivity index (χ2v) is 2.92. The molecule has 0 aliphatic heterocycles. The molecule has 0 bridgehead atoms. The van der Waals surface area contributed by atoms with Gasteiger partial charge in [-0.15, -0.1) is 4.95 Å². The maximum Gasteiger partial charge on any atom is 1.00 e. The third kappa shape index (κ3) is 21.9. The van der Waals surface area contributed by atoms with Crippen LogP contribution in [0.25, 0.3) is 10.3 Å². The molecule has 2 N–H and O–H groups in total. The molecule has 0 unspecified atom stereocenters. The standard InChI is InChI=1S/C3HCl2N3.C2H2ClN3.C2N3.Na/c4-2-6-1-7-3(5)8-2;1-5-6-2(3)4;3-1-5-2-4;/h1H;(H2,4,6);;/q;;-1;+1. The summed E-state index contributed by atoms with van der Waals surface area (Å²) in [6.07, 6.45) is 3.81. The molecule has 0 aliphatic rings. The first-order valence-electron chi connectivity index (χ1n) is 3.81. The van der Waals surface area contributed by atoms with Crippen molar-refractivity contribution >= 4 is 40.1 Å². The number of aromatic nitrogens is 3. The van der Waals surface area contributed by atoms with E-state index in [9.17, 15) is 0 Å². The van der Waals surface area contributed by atoms with E-state index in [0.717, 1.165) is 0 Å². The molecule has 1 aromatic rings. The third-order valence-corrected chi connectivity index (χ3v) is 1.20. The Balaban J connectivity index is -0.000000219. The van der Waals surface area contributed by atoms with Gasteiger partial charge >= 0.3 is 29.6 Å². The Bertz CT molecular complexity index is 496. The minimum Gasteiger partial charge on any atom is -0.385 e. The summed E-state index contributed by atoms with van der Waals surface area (Å²) in [7, 11) is 0. The fraction of sp³-hybridized carbons (Fsp3) is 0. The second kappa shape index (κ2) is 17.6. The van der Waals surface area contributed by atoms with Crippen LogP contribution >= 0.6 is 34.8 Å². The minimum absolute atomic E-state index is 0. The topological polar surface area (TPSA) is 143 Å².